The first-order valence-corrected chi connectivity index (χ1v) is 14.0. The molecular weight excluding hydrogens is 529 g/mol. The van der Waals surface area contributed by atoms with E-state index in [1.54, 1.807) is 53.3 Å². The molecule has 1 N–H and O–H groups in total. The number of carbonyl (C=O) groups is 1. The van der Waals surface area contributed by atoms with Gasteiger partial charge in [-0.25, -0.2) is 8.42 Å². The van der Waals surface area contributed by atoms with Gasteiger partial charge in [-0.3, -0.25) is 4.79 Å². The van der Waals surface area contributed by atoms with Gasteiger partial charge in [0.1, 0.15) is 15.2 Å². The van der Waals surface area contributed by atoms with Gasteiger partial charge in [0.05, 0.1) is 12.6 Å². The number of thiophene rings is 1. The summed E-state index contributed by atoms with van der Waals surface area (Å²) in [5.41, 5.74) is 1.98. The lowest BCUT2D eigenvalue weighted by Crippen LogP contribution is -2.39. The third-order valence-corrected chi connectivity index (χ3v) is 9.81. The minimum absolute atomic E-state index is 0.0228. The number of amides is 1. The molecule has 0 aliphatic carbocycles. The third-order valence-electron chi connectivity index (χ3n) is 5.87. The van der Waals surface area contributed by atoms with Gasteiger partial charge >= 0.3 is 0 Å². The van der Waals surface area contributed by atoms with Crippen molar-refractivity contribution in [3.05, 3.63) is 75.1 Å². The lowest BCUT2D eigenvalue weighted by molar-refractivity contribution is 0.0951. The zero-order chi connectivity index (χ0) is 24.6. The van der Waals surface area contributed by atoms with Crippen molar-refractivity contribution in [3.8, 4) is 0 Å². The Labute approximate surface area is 216 Å². The van der Waals surface area contributed by atoms with E-state index in [0.717, 1.165) is 15.9 Å². The van der Waals surface area contributed by atoms with Crippen LogP contribution in [0.5, 0.6) is 0 Å². The maximum absolute atomic E-state index is 13.2. The molecule has 0 atom stereocenters. The lowest BCUT2D eigenvalue weighted by Gasteiger charge is -2.30. The Hall–Kier alpha value is -2.50. The Balaban J connectivity index is 1.20. The molecule has 0 saturated carbocycles. The molecule has 2 aromatic heterocycles. The number of hydrogen-bond donors (Lipinski definition) is 1. The molecule has 1 aliphatic heterocycles. The van der Waals surface area contributed by atoms with Crippen LogP contribution in [0.2, 0.25) is 10.0 Å². The second-order valence-corrected chi connectivity index (χ2v) is 12.4. The first-order chi connectivity index (χ1) is 16.8. The summed E-state index contributed by atoms with van der Waals surface area (Å²) in [6.45, 7) is 1.00. The van der Waals surface area contributed by atoms with E-state index in [1.807, 2.05) is 6.07 Å². The summed E-state index contributed by atoms with van der Waals surface area (Å²) < 4.78 is 28.2. The second kappa shape index (κ2) is 9.87. The summed E-state index contributed by atoms with van der Waals surface area (Å²) in [6, 6.07) is 15.3. The van der Waals surface area contributed by atoms with Crippen molar-refractivity contribution < 1.29 is 13.2 Å². The molecule has 1 amide bonds. The Morgan fingerprint density at radius 2 is 1.66 bits per heavy atom. The number of halogens is 2. The van der Waals surface area contributed by atoms with E-state index in [0.29, 0.717) is 41.5 Å². The van der Waals surface area contributed by atoms with E-state index in [1.165, 1.54) is 15.6 Å². The fourth-order valence-corrected chi connectivity index (χ4v) is 7.18. The Morgan fingerprint density at radius 1 is 0.971 bits per heavy atom. The van der Waals surface area contributed by atoms with Crippen molar-refractivity contribution in [2.45, 2.75) is 29.6 Å². The Bertz CT molecular complexity index is 1480. The standard InChI is InChI=1S/C23H21Cl2N5O3S2/c24-16-3-1-15(2-4-16)23(31)26-14-19-6-8-22(34-19)35(32,33)29-11-9-18(10-12-29)30-27-20-7-5-17(25)13-21(20)28-30/h1-8,13,18H,9-12,14H2,(H,26,31). The summed E-state index contributed by atoms with van der Waals surface area (Å²) in [6.07, 6.45) is 1.23. The van der Waals surface area contributed by atoms with E-state index in [9.17, 15) is 13.2 Å². The Morgan fingerprint density at radius 3 is 2.40 bits per heavy atom. The maximum Gasteiger partial charge on any atom is 0.252 e. The van der Waals surface area contributed by atoms with E-state index in [4.69, 9.17) is 23.2 Å². The third kappa shape index (κ3) is 5.22. The summed E-state index contributed by atoms with van der Waals surface area (Å²) >= 11 is 13.1. The summed E-state index contributed by atoms with van der Waals surface area (Å²) in [7, 11) is -3.62. The van der Waals surface area contributed by atoms with Gasteiger partial charge in [0.25, 0.3) is 15.9 Å². The van der Waals surface area contributed by atoms with Crippen LogP contribution in [0.4, 0.5) is 0 Å². The maximum atomic E-state index is 13.2. The van der Waals surface area contributed by atoms with Gasteiger partial charge in [0.15, 0.2) is 0 Å². The topological polar surface area (TPSA) is 97.2 Å². The normalized spacial score (nSPS) is 15.5. The minimum atomic E-state index is -3.62. The first kappa shape index (κ1) is 24.2. The molecule has 182 valence electrons. The average molecular weight is 550 g/mol. The van der Waals surface area contributed by atoms with Crippen LogP contribution in [-0.2, 0) is 16.6 Å². The van der Waals surface area contributed by atoms with Crippen LogP contribution in [-0.4, -0.2) is 46.7 Å². The number of fused-ring (bicyclic) bond motifs is 1. The van der Waals surface area contributed by atoms with Crippen LogP contribution in [0.3, 0.4) is 0 Å². The fraction of sp³-hybridized carbons (Fsp3) is 0.261. The van der Waals surface area contributed by atoms with Gasteiger partial charge in [-0.1, -0.05) is 23.2 Å². The van der Waals surface area contributed by atoms with Crippen molar-refractivity contribution in [1.29, 1.82) is 0 Å². The van der Waals surface area contributed by atoms with Crippen molar-refractivity contribution in [1.82, 2.24) is 24.6 Å². The molecule has 1 aliphatic rings. The van der Waals surface area contributed by atoms with Gasteiger partial charge in [-0.15, -0.1) is 11.3 Å². The van der Waals surface area contributed by atoms with Gasteiger partial charge in [-0.05, 0) is 67.4 Å². The van der Waals surface area contributed by atoms with E-state index < -0.39 is 10.0 Å². The molecular formula is C23H21Cl2N5O3S2. The zero-order valence-corrected chi connectivity index (χ0v) is 21.5. The number of benzene rings is 2. The predicted octanol–water partition coefficient (Wildman–Crippen LogP) is 4.76. The van der Waals surface area contributed by atoms with Crippen molar-refractivity contribution >= 4 is 61.5 Å². The quantitative estimate of drug-likeness (QED) is 0.374. The summed E-state index contributed by atoms with van der Waals surface area (Å²) in [5, 5.41) is 13.0. The minimum Gasteiger partial charge on any atom is -0.347 e. The van der Waals surface area contributed by atoms with Crippen LogP contribution in [0, 0.1) is 0 Å². The molecule has 4 aromatic rings. The zero-order valence-electron chi connectivity index (χ0n) is 18.4. The number of nitrogens with one attached hydrogen (secondary N) is 1. The van der Waals surface area contributed by atoms with E-state index >= 15 is 0 Å². The van der Waals surface area contributed by atoms with Gasteiger partial charge < -0.3 is 5.32 Å². The molecule has 3 heterocycles. The highest BCUT2D eigenvalue weighted by Gasteiger charge is 2.32. The molecule has 0 unspecified atom stereocenters. The molecule has 35 heavy (non-hydrogen) atoms. The first-order valence-electron chi connectivity index (χ1n) is 10.9. The van der Waals surface area contributed by atoms with Gasteiger partial charge in [-0.2, -0.15) is 19.3 Å². The number of carbonyl (C=O) groups excluding carboxylic acids is 1. The highest BCUT2D eigenvalue weighted by atomic mass is 35.5. The molecule has 1 saturated heterocycles. The predicted molar refractivity (Wildman–Crippen MR) is 137 cm³/mol. The van der Waals surface area contributed by atoms with E-state index in [2.05, 4.69) is 15.5 Å². The number of hydrogen-bond acceptors (Lipinski definition) is 6. The number of aromatic nitrogens is 3. The monoisotopic (exact) mass is 549 g/mol. The molecule has 0 bridgehead atoms. The van der Waals surface area contributed by atoms with Crippen LogP contribution < -0.4 is 5.32 Å². The number of piperidine rings is 1. The van der Waals surface area contributed by atoms with Crippen molar-refractivity contribution in [3.63, 3.8) is 0 Å². The molecule has 8 nitrogen and oxygen atoms in total. The summed E-state index contributed by atoms with van der Waals surface area (Å²) in [5.74, 6) is -0.247. The highest BCUT2D eigenvalue weighted by Crippen LogP contribution is 2.30. The van der Waals surface area contributed by atoms with Crippen LogP contribution >= 0.6 is 34.5 Å². The number of sulfonamides is 1. The van der Waals surface area contributed by atoms with Crippen molar-refractivity contribution in [2.24, 2.45) is 0 Å². The SMILES string of the molecule is O=C(NCc1ccc(S(=O)(=O)N2CCC(n3nc4ccc(Cl)cc4n3)CC2)s1)c1ccc(Cl)cc1. The largest absolute Gasteiger partial charge is 0.347 e. The van der Waals surface area contributed by atoms with Gasteiger partial charge in [0, 0.05) is 33.6 Å². The van der Waals surface area contributed by atoms with Crippen molar-refractivity contribution in [2.75, 3.05) is 13.1 Å². The molecule has 0 radical (unpaired) electrons. The summed E-state index contributed by atoms with van der Waals surface area (Å²) in [4.78, 5) is 14.7. The number of rotatable bonds is 6. The fourth-order valence-electron chi connectivity index (χ4n) is 3.97. The van der Waals surface area contributed by atoms with Crippen LogP contribution in [0.15, 0.2) is 58.8 Å². The lowest BCUT2D eigenvalue weighted by atomic mass is 10.1. The number of nitrogens with zero attached hydrogens (tertiary/aromatic N) is 4. The molecule has 12 heteroatoms. The molecule has 2 aromatic carbocycles. The smallest absolute Gasteiger partial charge is 0.252 e. The molecule has 5 rings (SSSR count). The highest BCUT2D eigenvalue weighted by molar-refractivity contribution is 7.91. The molecule has 1 fully saturated rings. The van der Waals surface area contributed by atoms with Gasteiger partial charge in [0.2, 0.25) is 0 Å². The average Bonchev–Trinajstić information content (AvgIpc) is 3.50. The van der Waals surface area contributed by atoms with Crippen LogP contribution in [0.1, 0.15) is 34.1 Å². The van der Waals surface area contributed by atoms with Crippen LogP contribution in [0.25, 0.3) is 11.0 Å². The van der Waals surface area contributed by atoms with E-state index in [-0.39, 0.29) is 22.7 Å². The Kier molecular flexibility index (Phi) is 6.82. The molecule has 0 spiro atoms. The second-order valence-electron chi connectivity index (χ2n) is 8.20.